The molecule has 78 valence electrons. The molecule has 2 rings (SSSR count). The lowest BCUT2D eigenvalue weighted by Gasteiger charge is -2.00. The van der Waals surface area contributed by atoms with Gasteiger partial charge in [0.25, 0.3) is 0 Å². The minimum Gasteiger partial charge on any atom is -0.341 e. The van der Waals surface area contributed by atoms with Crippen molar-refractivity contribution >= 4 is 23.1 Å². The summed E-state index contributed by atoms with van der Waals surface area (Å²) in [6.45, 7) is 7.43. The molecule has 0 aliphatic carbocycles. The second kappa shape index (κ2) is 3.93. The molecule has 0 bridgehead atoms. The van der Waals surface area contributed by atoms with Crippen molar-refractivity contribution in [2.24, 2.45) is 0 Å². The summed E-state index contributed by atoms with van der Waals surface area (Å²) < 4.78 is 2.37. The van der Waals surface area contributed by atoms with E-state index in [-0.39, 0.29) is 0 Å². The molecule has 15 heavy (non-hydrogen) atoms. The largest absolute Gasteiger partial charge is 0.341 e. The summed E-state index contributed by atoms with van der Waals surface area (Å²) in [5.74, 6) is 0. The Bertz CT molecular complexity index is 588. The SMILES string of the molecule is CC=c1c(=CC)n(CC)c2ccccc12. The third kappa shape index (κ3) is 1.39. The van der Waals surface area contributed by atoms with Crippen LogP contribution >= 0.6 is 0 Å². The van der Waals surface area contributed by atoms with Gasteiger partial charge in [-0.2, -0.15) is 0 Å². The van der Waals surface area contributed by atoms with E-state index in [0.717, 1.165) is 6.54 Å². The summed E-state index contributed by atoms with van der Waals surface area (Å²) in [5.41, 5.74) is 1.33. The molecule has 0 N–H and O–H groups in total. The van der Waals surface area contributed by atoms with Gasteiger partial charge < -0.3 is 4.57 Å². The molecule has 0 unspecified atom stereocenters. The van der Waals surface area contributed by atoms with E-state index >= 15 is 0 Å². The summed E-state index contributed by atoms with van der Waals surface area (Å²) >= 11 is 0. The molecule has 2 aromatic rings. The number of fused-ring (bicyclic) bond motifs is 1. The average molecular weight is 199 g/mol. The normalized spacial score (nSPS) is 14.1. The Morgan fingerprint density at radius 2 is 1.87 bits per heavy atom. The molecule has 0 saturated heterocycles. The topological polar surface area (TPSA) is 4.93 Å². The van der Waals surface area contributed by atoms with Crippen LogP contribution in [-0.2, 0) is 6.54 Å². The Hall–Kier alpha value is -1.50. The summed E-state index contributed by atoms with van der Waals surface area (Å²) in [6, 6.07) is 8.60. The first-order valence-corrected chi connectivity index (χ1v) is 5.53. The monoisotopic (exact) mass is 199 g/mol. The van der Waals surface area contributed by atoms with Crippen LogP contribution in [0.4, 0.5) is 0 Å². The van der Waals surface area contributed by atoms with Gasteiger partial charge >= 0.3 is 0 Å². The fraction of sp³-hybridized carbons (Fsp3) is 0.286. The summed E-state index contributed by atoms with van der Waals surface area (Å²) in [7, 11) is 0. The van der Waals surface area contributed by atoms with Crippen molar-refractivity contribution in [2.75, 3.05) is 0 Å². The Labute approximate surface area is 90.3 Å². The molecule has 0 aliphatic heterocycles. The van der Waals surface area contributed by atoms with Gasteiger partial charge in [0.2, 0.25) is 0 Å². The first kappa shape index (κ1) is 10.0. The van der Waals surface area contributed by atoms with E-state index in [9.17, 15) is 0 Å². The Kier molecular flexibility index (Phi) is 2.63. The van der Waals surface area contributed by atoms with Gasteiger partial charge in [0.1, 0.15) is 0 Å². The van der Waals surface area contributed by atoms with E-state index in [2.05, 4.69) is 61.8 Å². The Morgan fingerprint density at radius 3 is 2.47 bits per heavy atom. The number of para-hydroxylation sites is 1. The zero-order chi connectivity index (χ0) is 10.8. The Morgan fingerprint density at radius 1 is 1.13 bits per heavy atom. The molecule has 0 spiro atoms. The van der Waals surface area contributed by atoms with Gasteiger partial charge in [-0.1, -0.05) is 30.4 Å². The maximum atomic E-state index is 2.37. The molecule has 1 heteroatoms. The number of nitrogens with zero attached hydrogens (tertiary/aromatic N) is 1. The first-order valence-electron chi connectivity index (χ1n) is 5.53. The number of hydrogen-bond acceptors (Lipinski definition) is 0. The van der Waals surface area contributed by atoms with Crippen molar-refractivity contribution in [1.82, 2.24) is 4.57 Å². The average Bonchev–Trinajstić information content (AvgIpc) is 2.61. The maximum absolute atomic E-state index is 2.37. The third-order valence-corrected chi connectivity index (χ3v) is 2.93. The van der Waals surface area contributed by atoms with Crippen LogP contribution in [0.5, 0.6) is 0 Å². The molecule has 0 amide bonds. The molecule has 0 atom stereocenters. The molecule has 1 nitrogen and oxygen atoms in total. The van der Waals surface area contributed by atoms with Crippen LogP contribution in [0, 0.1) is 0 Å². The van der Waals surface area contributed by atoms with Crippen molar-refractivity contribution in [1.29, 1.82) is 0 Å². The molecular formula is C14H17N. The van der Waals surface area contributed by atoms with Crippen LogP contribution in [0.2, 0.25) is 0 Å². The quantitative estimate of drug-likeness (QED) is 0.664. The van der Waals surface area contributed by atoms with E-state index in [0.29, 0.717) is 0 Å². The Balaban J connectivity index is 3.11. The zero-order valence-electron chi connectivity index (χ0n) is 9.62. The number of hydrogen-bond donors (Lipinski definition) is 0. The lowest BCUT2D eigenvalue weighted by atomic mass is 10.2. The smallest absolute Gasteiger partial charge is 0.0491 e. The molecule has 1 aromatic carbocycles. The fourth-order valence-electron chi connectivity index (χ4n) is 2.31. The van der Waals surface area contributed by atoms with Crippen molar-refractivity contribution in [3.63, 3.8) is 0 Å². The molecule has 0 saturated carbocycles. The highest BCUT2D eigenvalue weighted by Gasteiger charge is 2.03. The number of rotatable bonds is 1. The van der Waals surface area contributed by atoms with Gasteiger partial charge in [0.05, 0.1) is 0 Å². The molecule has 0 fully saturated rings. The van der Waals surface area contributed by atoms with Crippen molar-refractivity contribution in [2.45, 2.75) is 27.3 Å². The number of aromatic nitrogens is 1. The first-order chi connectivity index (χ1) is 7.33. The minimum atomic E-state index is 1.02. The van der Waals surface area contributed by atoms with Crippen LogP contribution in [-0.4, -0.2) is 4.57 Å². The van der Waals surface area contributed by atoms with Crippen LogP contribution < -0.4 is 10.6 Å². The van der Waals surface area contributed by atoms with E-state index < -0.39 is 0 Å². The predicted octanol–water partition coefficient (Wildman–Crippen LogP) is 2.26. The van der Waals surface area contributed by atoms with Gasteiger partial charge in [-0.15, -0.1) is 0 Å². The second-order valence-electron chi connectivity index (χ2n) is 3.64. The van der Waals surface area contributed by atoms with Gasteiger partial charge in [0.15, 0.2) is 0 Å². The summed E-state index contributed by atoms with van der Waals surface area (Å²) in [4.78, 5) is 0. The minimum absolute atomic E-state index is 1.02. The lowest BCUT2D eigenvalue weighted by Crippen LogP contribution is -2.28. The van der Waals surface area contributed by atoms with E-state index in [1.807, 2.05) is 0 Å². The molecule has 0 aliphatic rings. The van der Waals surface area contributed by atoms with Crippen LogP contribution in [0.3, 0.4) is 0 Å². The molecule has 0 radical (unpaired) electrons. The fourth-order valence-corrected chi connectivity index (χ4v) is 2.31. The second-order valence-corrected chi connectivity index (χ2v) is 3.64. The van der Waals surface area contributed by atoms with Gasteiger partial charge in [-0.3, -0.25) is 0 Å². The van der Waals surface area contributed by atoms with E-state index in [4.69, 9.17) is 0 Å². The van der Waals surface area contributed by atoms with Crippen LogP contribution in [0.25, 0.3) is 23.1 Å². The van der Waals surface area contributed by atoms with Crippen LogP contribution in [0.1, 0.15) is 20.8 Å². The van der Waals surface area contributed by atoms with E-state index in [1.165, 1.54) is 21.5 Å². The van der Waals surface area contributed by atoms with Crippen molar-refractivity contribution < 1.29 is 0 Å². The molecular weight excluding hydrogens is 182 g/mol. The van der Waals surface area contributed by atoms with Crippen molar-refractivity contribution in [3.05, 3.63) is 34.8 Å². The van der Waals surface area contributed by atoms with Crippen molar-refractivity contribution in [3.8, 4) is 0 Å². The number of benzene rings is 1. The van der Waals surface area contributed by atoms with Gasteiger partial charge in [-0.05, 0) is 26.8 Å². The molecule has 1 heterocycles. The van der Waals surface area contributed by atoms with Gasteiger partial charge in [-0.25, -0.2) is 0 Å². The zero-order valence-corrected chi connectivity index (χ0v) is 9.62. The summed E-state index contributed by atoms with van der Waals surface area (Å²) in [5, 5.41) is 4.05. The highest BCUT2D eigenvalue weighted by atomic mass is 15.0. The van der Waals surface area contributed by atoms with Gasteiger partial charge in [0, 0.05) is 28.0 Å². The highest BCUT2D eigenvalue weighted by molar-refractivity contribution is 5.81. The lowest BCUT2D eigenvalue weighted by molar-refractivity contribution is 0.770. The predicted molar refractivity (Wildman–Crippen MR) is 67.1 cm³/mol. The summed E-state index contributed by atoms with van der Waals surface area (Å²) in [6.07, 6.45) is 4.39. The molecule has 1 aromatic heterocycles. The van der Waals surface area contributed by atoms with Crippen LogP contribution in [0.15, 0.2) is 24.3 Å². The van der Waals surface area contributed by atoms with E-state index in [1.54, 1.807) is 0 Å². The number of aryl methyl sites for hydroxylation is 1. The standard InChI is InChI=1S/C14H17N/c1-4-11-12-9-7-8-10-14(12)15(6-3)13(11)5-2/h4-5,7-10H,6H2,1-3H3. The highest BCUT2D eigenvalue weighted by Crippen LogP contribution is 2.07. The third-order valence-electron chi connectivity index (χ3n) is 2.93. The maximum Gasteiger partial charge on any atom is 0.0491 e.